The highest BCUT2D eigenvalue weighted by atomic mass is 35.5. The Morgan fingerprint density at radius 3 is 0.825 bits per heavy atom. The molecule has 2 saturated heterocycles. The number of amides is 4. The largest absolute Gasteiger partial charge is 0.363 e. The zero-order valence-corrected chi connectivity index (χ0v) is 72.9. The second kappa shape index (κ2) is 44.5. The van der Waals surface area contributed by atoms with Crippen LogP contribution in [0.4, 0.5) is 22.7 Å². The summed E-state index contributed by atoms with van der Waals surface area (Å²) in [5.74, 6) is 0.971. The fraction of sp³-hybridized carbons (Fsp3) is 0.176. The average molecular weight is 1760 g/mol. The van der Waals surface area contributed by atoms with Crippen LogP contribution in [-0.2, 0) is 25.7 Å². The van der Waals surface area contributed by atoms with Gasteiger partial charge in [0.05, 0.1) is 6.54 Å². The molecule has 15 rings (SSSR count). The van der Waals surface area contributed by atoms with E-state index in [0.717, 1.165) is 93.0 Å². The Labute approximate surface area is 753 Å². The first-order valence-corrected chi connectivity index (χ1v) is 42.7. The lowest BCUT2D eigenvalue weighted by molar-refractivity contribution is 0.0980. The molecule has 0 atom stereocenters. The molecular formula is C102H94Cl4N12O8. The van der Waals surface area contributed by atoms with E-state index >= 15 is 0 Å². The number of carbonyl (C=O) groups excluding carboxylic acids is 8. The van der Waals surface area contributed by atoms with Crippen LogP contribution in [0.3, 0.4) is 0 Å². The maximum atomic E-state index is 13.0. The van der Waals surface area contributed by atoms with Crippen molar-refractivity contribution < 1.29 is 38.4 Å². The number of amidine groups is 4. The van der Waals surface area contributed by atoms with E-state index in [1.165, 1.54) is 6.42 Å². The molecule has 24 heteroatoms. The lowest BCUT2D eigenvalue weighted by atomic mass is 9.97. The number of benzene rings is 12. The number of anilines is 4. The molecule has 4 amide bonds. The van der Waals surface area contributed by atoms with Crippen molar-refractivity contribution in [1.82, 2.24) is 19.6 Å². The number of nitrogens with one attached hydrogen (secondary N) is 7. The van der Waals surface area contributed by atoms with Gasteiger partial charge in [-0.3, -0.25) is 59.6 Å². The zero-order valence-electron chi connectivity index (χ0n) is 69.8. The van der Waals surface area contributed by atoms with Gasteiger partial charge in [0.15, 0.2) is 23.1 Å². The fourth-order valence-corrected chi connectivity index (χ4v) is 14.9. The minimum absolute atomic E-state index is 0.0417. The summed E-state index contributed by atoms with van der Waals surface area (Å²) < 4.78 is 0. The number of ketones is 4. The molecule has 12 aromatic carbocycles. The number of hydrogen-bond donors (Lipinski definition) is 7. The number of hydrogen-bond acceptors (Lipinski definition) is 13. The molecule has 0 unspecified atom stereocenters. The van der Waals surface area contributed by atoms with Gasteiger partial charge >= 0.3 is 0 Å². The lowest BCUT2D eigenvalue weighted by Gasteiger charge is -2.29. The number of halogens is 4. The molecular weight excluding hydrogens is 1660 g/mol. The lowest BCUT2D eigenvalue weighted by Crippen LogP contribution is -2.35. The highest BCUT2D eigenvalue weighted by Gasteiger charge is 2.24. The first-order valence-electron chi connectivity index (χ1n) is 41.2. The van der Waals surface area contributed by atoms with Gasteiger partial charge in [0, 0.05) is 189 Å². The van der Waals surface area contributed by atoms with Crippen molar-refractivity contribution in [3.63, 3.8) is 0 Å². The Bertz CT molecular complexity index is 5960. The van der Waals surface area contributed by atoms with Crippen LogP contribution in [0.5, 0.6) is 0 Å². The number of carbonyl (C=O) groups is 8. The Morgan fingerprint density at radius 2 is 0.563 bits per heavy atom. The van der Waals surface area contributed by atoms with Gasteiger partial charge in [0.1, 0.15) is 23.3 Å². The molecule has 0 spiro atoms. The number of aliphatic imine (C=N–C) groups is 1. The summed E-state index contributed by atoms with van der Waals surface area (Å²) in [7, 11) is 5.61. The normalized spacial score (nSPS) is 12.5. The molecule has 0 saturated carbocycles. The SMILES string of the molecule is CN(C)C(=N)c1ccc(C(=O)Cc2ccccc2C(=O)Nc2ccc(Cl)cc2)cc1.CN1CCN=C1c1ccc(C(=O)Cc2ccccc2C(=O)Nc2ccc(Cl)cc2)cc1.N=C(c1ccc(C(=O)Cc2ccccc2C(=O)Nc2ccc(Cl)cc2)cc1)N1CCCC1.N=C(c1ccc(C(=O)Cc2ccccc2C(=O)Nc2ccc(Cl)cc2)cc1)N1CCCCC1. The third kappa shape index (κ3) is 25.5. The minimum atomic E-state index is -0.282. The summed E-state index contributed by atoms with van der Waals surface area (Å²) in [6, 6.07) is 84.8. The Morgan fingerprint density at radius 1 is 0.317 bits per heavy atom. The molecule has 7 N–H and O–H groups in total. The summed E-state index contributed by atoms with van der Waals surface area (Å²) in [6.07, 6.45) is 6.16. The van der Waals surface area contributed by atoms with Crippen molar-refractivity contribution in [2.75, 3.05) is 81.7 Å². The van der Waals surface area contributed by atoms with Crippen LogP contribution in [-0.4, -0.2) is 150 Å². The molecule has 0 aromatic heterocycles. The molecule has 0 bridgehead atoms. The van der Waals surface area contributed by atoms with E-state index in [-0.39, 0.29) is 72.4 Å². The molecule has 3 heterocycles. The first kappa shape index (κ1) is 91.4. The first-order chi connectivity index (χ1) is 60.9. The second-order valence-electron chi connectivity index (χ2n) is 30.5. The van der Waals surface area contributed by atoms with Gasteiger partial charge in [-0.2, -0.15) is 0 Å². The van der Waals surface area contributed by atoms with Crippen molar-refractivity contribution in [3.8, 4) is 0 Å². The van der Waals surface area contributed by atoms with Crippen molar-refractivity contribution in [3.05, 3.63) is 400 Å². The average Bonchev–Trinajstić information content (AvgIpc) is 0.853. The number of nitrogens with zero attached hydrogens (tertiary/aromatic N) is 5. The van der Waals surface area contributed by atoms with E-state index < -0.39 is 0 Å². The van der Waals surface area contributed by atoms with Crippen molar-refractivity contribution >= 4 is 139 Å². The molecule has 12 aromatic rings. The van der Waals surface area contributed by atoms with Crippen LogP contribution in [0.1, 0.15) is 159 Å². The van der Waals surface area contributed by atoms with E-state index in [0.29, 0.717) is 127 Å². The van der Waals surface area contributed by atoms with Gasteiger partial charge < -0.3 is 40.9 Å². The van der Waals surface area contributed by atoms with Gasteiger partial charge in [0.2, 0.25) is 0 Å². The van der Waals surface area contributed by atoms with Crippen molar-refractivity contribution in [1.29, 1.82) is 16.2 Å². The number of Topliss-reactive ketones (excluding diaryl/α,β-unsaturated/α-hetero) is 4. The smallest absolute Gasteiger partial charge is 0.255 e. The third-order valence-electron chi connectivity index (χ3n) is 21.4. The Hall–Kier alpha value is -13.8. The van der Waals surface area contributed by atoms with Crippen molar-refractivity contribution in [2.24, 2.45) is 4.99 Å². The number of likely N-dealkylation sites (N-methyl/N-ethyl adjacent to an activating group) is 1. The molecule has 3 aliphatic rings. The number of likely N-dealkylation sites (tertiary alicyclic amines) is 2. The van der Waals surface area contributed by atoms with Crippen LogP contribution in [0.2, 0.25) is 20.1 Å². The summed E-state index contributed by atoms with van der Waals surface area (Å²) in [5, 5.41) is 38.6. The predicted molar refractivity (Wildman–Crippen MR) is 506 cm³/mol. The van der Waals surface area contributed by atoms with Gasteiger partial charge in [-0.15, -0.1) is 0 Å². The monoisotopic (exact) mass is 1750 g/mol. The predicted octanol–water partition coefficient (Wildman–Crippen LogP) is 20.9. The van der Waals surface area contributed by atoms with Gasteiger partial charge in [-0.25, -0.2) is 0 Å². The van der Waals surface area contributed by atoms with Crippen LogP contribution >= 0.6 is 46.4 Å². The summed E-state index contributed by atoms with van der Waals surface area (Å²) >= 11 is 23.6. The van der Waals surface area contributed by atoms with Crippen molar-refractivity contribution in [2.45, 2.75) is 57.8 Å². The van der Waals surface area contributed by atoms with E-state index in [1.54, 1.807) is 231 Å². The van der Waals surface area contributed by atoms with Crippen LogP contribution in [0.15, 0.2) is 296 Å². The van der Waals surface area contributed by atoms with E-state index in [9.17, 15) is 38.4 Å². The summed E-state index contributed by atoms with van der Waals surface area (Å²) in [4.78, 5) is 115. The Balaban J connectivity index is 0.000000153. The minimum Gasteiger partial charge on any atom is -0.363 e. The zero-order chi connectivity index (χ0) is 89.2. The Kier molecular flexibility index (Phi) is 32.3. The number of piperidine rings is 1. The highest BCUT2D eigenvalue weighted by molar-refractivity contribution is 6.32. The number of rotatable bonds is 24. The summed E-state index contributed by atoms with van der Waals surface area (Å²) in [6.45, 7) is 5.35. The molecule has 2 fully saturated rings. The molecule has 3 aliphatic heterocycles. The van der Waals surface area contributed by atoms with E-state index in [4.69, 9.17) is 62.6 Å². The molecule has 126 heavy (non-hydrogen) atoms. The van der Waals surface area contributed by atoms with Crippen LogP contribution in [0.25, 0.3) is 0 Å². The fourth-order valence-electron chi connectivity index (χ4n) is 14.4. The van der Waals surface area contributed by atoms with Gasteiger partial charge in [0.25, 0.3) is 23.6 Å². The van der Waals surface area contributed by atoms with E-state index in [2.05, 4.69) is 41.0 Å². The topological polar surface area (TPSA) is 282 Å². The van der Waals surface area contributed by atoms with Gasteiger partial charge in [-0.1, -0.05) is 216 Å². The standard InChI is InChI=1S/C27H26ClN3O2.C26H24ClN3O2.C25H22ClN3O2.C24H22ClN3O2/c28-22-12-14-23(15-13-22)30-27(33)24-7-3-2-6-21(24)18-25(32)19-8-10-20(11-9-19)26(29)31-16-4-1-5-17-31;27-21-11-13-22(14-12-21)29-26(32)23-6-2-1-5-20(23)17-24(31)18-7-9-19(10-8-18)25(28)30-15-3-4-16-30;1-29-15-14-27-24(29)18-8-6-17(7-9-18)23(30)16-19-4-2-3-5-22(19)25(31)28-21-12-10-20(26)11-13-21;1-28(2)23(26)17-9-7-16(8-10-17)22(29)15-18-5-3-4-6-21(18)24(30)27-20-13-11-19(25)12-14-20/h2-3,6-15,29H,1,4-5,16-18H2,(H,30,33);1-2,5-14,28H,3-4,15-17H2,(H,29,32);2-13H,14-16H2,1H3,(H,28,31);3-14,26H,15H2,1-2H3,(H,27,30). The third-order valence-corrected chi connectivity index (χ3v) is 22.4. The molecule has 638 valence electrons. The van der Waals surface area contributed by atoms with E-state index in [1.807, 2.05) is 85.9 Å². The van der Waals surface area contributed by atoms with Crippen LogP contribution in [0, 0.1) is 16.2 Å². The quantitative estimate of drug-likeness (QED) is 0.0169. The second-order valence-corrected chi connectivity index (χ2v) is 32.2. The summed E-state index contributed by atoms with van der Waals surface area (Å²) in [5.41, 5.74) is 12.7. The molecule has 0 radical (unpaired) electrons. The van der Waals surface area contributed by atoms with Gasteiger partial charge in [-0.05, 0) is 176 Å². The molecule has 20 nitrogen and oxygen atoms in total. The van der Waals surface area contributed by atoms with Crippen LogP contribution < -0.4 is 21.3 Å². The maximum absolute atomic E-state index is 13.0. The maximum Gasteiger partial charge on any atom is 0.255 e. The highest BCUT2D eigenvalue weighted by Crippen LogP contribution is 2.27. The molecule has 0 aliphatic carbocycles.